The molecule has 25 heavy (non-hydrogen) atoms. The van der Waals surface area contributed by atoms with Gasteiger partial charge in [0.1, 0.15) is 28.9 Å². The number of ether oxygens (including phenoxy) is 1. The van der Waals surface area contributed by atoms with Gasteiger partial charge in [0.15, 0.2) is 0 Å². The smallest absolute Gasteiger partial charge is 0.264 e. The molecule has 0 radical (unpaired) electrons. The third-order valence-electron chi connectivity index (χ3n) is 3.17. The summed E-state index contributed by atoms with van der Waals surface area (Å²) >= 11 is 1.41. The van der Waals surface area contributed by atoms with Crippen LogP contribution in [0.1, 0.15) is 5.69 Å². The molecule has 0 aliphatic rings. The molecular weight excluding hydrogens is 370 g/mol. The summed E-state index contributed by atoms with van der Waals surface area (Å²) in [6.07, 6.45) is 0. The molecule has 130 valence electrons. The van der Waals surface area contributed by atoms with Gasteiger partial charge in [-0.05, 0) is 24.3 Å². The van der Waals surface area contributed by atoms with Gasteiger partial charge in [0.2, 0.25) is 0 Å². The van der Waals surface area contributed by atoms with Crippen LogP contribution in [0.3, 0.4) is 0 Å². The molecule has 0 atom stereocenters. The number of hydrogen-bond acceptors (Lipinski definition) is 5. The highest BCUT2D eigenvalue weighted by atomic mass is 32.2. The number of nitrogens with one attached hydrogen (secondary N) is 1. The molecule has 2 aromatic carbocycles. The van der Waals surface area contributed by atoms with Crippen molar-refractivity contribution < 1.29 is 21.9 Å². The van der Waals surface area contributed by atoms with Crippen LogP contribution in [0.15, 0.2) is 58.3 Å². The Kier molecular flexibility index (Phi) is 4.95. The fraction of sp³-hybridized carbons (Fsp3) is 0.0625. The van der Waals surface area contributed by atoms with Crippen LogP contribution in [0.5, 0.6) is 5.75 Å². The van der Waals surface area contributed by atoms with Crippen LogP contribution in [-0.2, 0) is 16.6 Å². The maximum Gasteiger partial charge on any atom is 0.264 e. The Balaban J connectivity index is 1.84. The molecule has 0 bridgehead atoms. The van der Waals surface area contributed by atoms with E-state index in [0.717, 1.165) is 12.1 Å². The van der Waals surface area contributed by atoms with Gasteiger partial charge in [0, 0.05) is 11.4 Å². The fourth-order valence-corrected chi connectivity index (χ4v) is 3.70. The van der Waals surface area contributed by atoms with Gasteiger partial charge >= 0.3 is 0 Å². The molecule has 0 saturated heterocycles. The van der Waals surface area contributed by atoms with Crippen molar-refractivity contribution in [2.45, 2.75) is 11.5 Å². The van der Waals surface area contributed by atoms with E-state index in [1.165, 1.54) is 17.4 Å². The Bertz CT molecular complexity index is 977. The Morgan fingerprint density at radius 2 is 1.96 bits per heavy atom. The summed E-state index contributed by atoms with van der Waals surface area (Å²) in [6.45, 7) is 0.160. The Hall–Kier alpha value is -2.52. The minimum atomic E-state index is -4.24. The molecule has 3 rings (SSSR count). The van der Waals surface area contributed by atoms with E-state index in [9.17, 15) is 17.2 Å². The summed E-state index contributed by atoms with van der Waals surface area (Å²) in [6, 6.07) is 8.59. The summed E-state index contributed by atoms with van der Waals surface area (Å²) in [7, 11) is -4.24. The van der Waals surface area contributed by atoms with E-state index in [-0.39, 0.29) is 18.0 Å². The first kappa shape index (κ1) is 17.3. The van der Waals surface area contributed by atoms with Gasteiger partial charge in [0.05, 0.1) is 16.9 Å². The first-order valence-corrected chi connectivity index (χ1v) is 9.45. The number of hydrogen-bond donors (Lipinski definition) is 1. The minimum absolute atomic E-state index is 0.140. The molecule has 0 unspecified atom stereocenters. The molecule has 9 heteroatoms. The van der Waals surface area contributed by atoms with Gasteiger partial charge in [0.25, 0.3) is 10.0 Å². The zero-order valence-electron chi connectivity index (χ0n) is 12.6. The third kappa shape index (κ3) is 4.12. The molecule has 1 heterocycles. The van der Waals surface area contributed by atoms with E-state index < -0.39 is 26.6 Å². The molecule has 5 nitrogen and oxygen atoms in total. The van der Waals surface area contributed by atoms with Gasteiger partial charge in [-0.25, -0.2) is 22.2 Å². The summed E-state index contributed by atoms with van der Waals surface area (Å²) in [5.41, 5.74) is 2.50. The molecule has 0 saturated carbocycles. The van der Waals surface area contributed by atoms with Gasteiger partial charge < -0.3 is 4.74 Å². The normalized spacial score (nSPS) is 11.3. The topological polar surface area (TPSA) is 68.3 Å². The van der Waals surface area contributed by atoms with Crippen LogP contribution in [0.4, 0.5) is 14.5 Å². The highest BCUT2D eigenvalue weighted by molar-refractivity contribution is 7.92. The lowest BCUT2D eigenvalue weighted by Crippen LogP contribution is -2.15. The van der Waals surface area contributed by atoms with Crippen LogP contribution in [0, 0.1) is 11.6 Å². The predicted octanol–water partition coefficient (Wildman–Crippen LogP) is 3.80. The zero-order chi connectivity index (χ0) is 17.9. The van der Waals surface area contributed by atoms with Crippen molar-refractivity contribution in [2.24, 2.45) is 0 Å². The second-order valence-electron chi connectivity index (χ2n) is 4.94. The molecule has 0 amide bonds. The lowest BCUT2D eigenvalue weighted by Gasteiger charge is -2.13. The van der Waals surface area contributed by atoms with Gasteiger partial charge in [-0.1, -0.05) is 12.1 Å². The average molecular weight is 382 g/mol. The fourth-order valence-electron chi connectivity index (χ4n) is 2.03. The monoisotopic (exact) mass is 382 g/mol. The number of para-hydroxylation sites is 2. The average Bonchev–Trinajstić information content (AvgIpc) is 3.07. The molecule has 0 aliphatic carbocycles. The van der Waals surface area contributed by atoms with Crippen molar-refractivity contribution in [2.75, 3.05) is 4.72 Å². The number of aromatic nitrogens is 1. The Morgan fingerprint density at radius 3 is 2.68 bits per heavy atom. The lowest BCUT2D eigenvalue weighted by atomic mass is 10.3. The SMILES string of the molecule is O=S(=O)(Nc1ccccc1OCc1cscn1)c1ccc(F)cc1F. The lowest BCUT2D eigenvalue weighted by molar-refractivity contribution is 0.304. The highest BCUT2D eigenvalue weighted by Crippen LogP contribution is 2.28. The van der Waals surface area contributed by atoms with E-state index in [1.807, 2.05) is 0 Å². The number of benzene rings is 2. The summed E-state index contributed by atoms with van der Waals surface area (Å²) in [5.74, 6) is -1.77. The second-order valence-corrected chi connectivity index (χ2v) is 7.31. The van der Waals surface area contributed by atoms with Crippen molar-refractivity contribution in [1.29, 1.82) is 0 Å². The largest absolute Gasteiger partial charge is 0.485 e. The first-order chi connectivity index (χ1) is 12.0. The Morgan fingerprint density at radius 1 is 1.16 bits per heavy atom. The van der Waals surface area contributed by atoms with Gasteiger partial charge in [-0.2, -0.15) is 0 Å². The number of rotatable bonds is 6. The maximum absolute atomic E-state index is 13.8. The zero-order valence-corrected chi connectivity index (χ0v) is 14.3. The first-order valence-electron chi connectivity index (χ1n) is 7.02. The van der Waals surface area contributed by atoms with Crippen molar-refractivity contribution in [3.05, 3.63) is 70.7 Å². The van der Waals surface area contributed by atoms with E-state index in [1.54, 1.807) is 29.1 Å². The molecule has 0 aliphatic heterocycles. The molecule has 1 aromatic heterocycles. The van der Waals surface area contributed by atoms with Crippen LogP contribution in [-0.4, -0.2) is 13.4 Å². The Labute approximate surface area is 147 Å². The minimum Gasteiger partial charge on any atom is -0.485 e. The predicted molar refractivity (Wildman–Crippen MR) is 90.1 cm³/mol. The third-order valence-corrected chi connectivity index (χ3v) is 5.21. The number of halogens is 2. The van der Waals surface area contributed by atoms with E-state index in [0.29, 0.717) is 11.8 Å². The van der Waals surface area contributed by atoms with Crippen LogP contribution in [0.25, 0.3) is 0 Å². The standard InChI is InChI=1S/C16H12F2N2O3S2/c17-11-5-6-16(13(18)7-11)25(21,22)20-14-3-1-2-4-15(14)23-8-12-9-24-10-19-12/h1-7,9-10,20H,8H2. The molecule has 0 fully saturated rings. The van der Waals surface area contributed by atoms with Gasteiger partial charge in [-0.3, -0.25) is 4.72 Å². The van der Waals surface area contributed by atoms with Crippen molar-refractivity contribution >= 4 is 27.0 Å². The number of sulfonamides is 1. The summed E-state index contributed by atoms with van der Waals surface area (Å²) in [4.78, 5) is 3.42. The maximum atomic E-state index is 13.8. The van der Waals surface area contributed by atoms with E-state index in [2.05, 4.69) is 9.71 Å². The van der Waals surface area contributed by atoms with Crippen molar-refractivity contribution in [3.63, 3.8) is 0 Å². The van der Waals surface area contributed by atoms with E-state index >= 15 is 0 Å². The number of nitrogens with zero attached hydrogens (tertiary/aromatic N) is 1. The van der Waals surface area contributed by atoms with Crippen molar-refractivity contribution in [1.82, 2.24) is 4.98 Å². The van der Waals surface area contributed by atoms with E-state index in [4.69, 9.17) is 4.74 Å². The molecule has 0 spiro atoms. The summed E-state index contributed by atoms with van der Waals surface area (Å²) < 4.78 is 59.4. The summed E-state index contributed by atoms with van der Waals surface area (Å²) in [5, 5.41) is 1.81. The second kappa shape index (κ2) is 7.16. The van der Waals surface area contributed by atoms with Crippen LogP contribution < -0.4 is 9.46 Å². The highest BCUT2D eigenvalue weighted by Gasteiger charge is 2.21. The van der Waals surface area contributed by atoms with Gasteiger partial charge in [-0.15, -0.1) is 11.3 Å². The number of anilines is 1. The van der Waals surface area contributed by atoms with Crippen LogP contribution >= 0.6 is 11.3 Å². The molecular formula is C16H12F2N2O3S2. The van der Waals surface area contributed by atoms with Crippen LogP contribution in [0.2, 0.25) is 0 Å². The molecule has 1 N–H and O–H groups in total. The number of thiazole rings is 1. The molecule has 3 aromatic rings. The quantitative estimate of drug-likeness (QED) is 0.704. The van der Waals surface area contributed by atoms with Crippen molar-refractivity contribution in [3.8, 4) is 5.75 Å².